The molecular weight excluding hydrogens is 450 g/mol. The van der Waals surface area contributed by atoms with Gasteiger partial charge in [-0.2, -0.15) is 0 Å². The van der Waals surface area contributed by atoms with E-state index in [9.17, 15) is 19.5 Å². The maximum absolute atomic E-state index is 13.3. The van der Waals surface area contributed by atoms with Gasteiger partial charge < -0.3 is 24.5 Å². The van der Waals surface area contributed by atoms with Gasteiger partial charge in [-0.05, 0) is 31.9 Å². The maximum atomic E-state index is 13.3. The zero-order valence-corrected chi connectivity index (χ0v) is 20.5. The number of aliphatic hydroxyl groups excluding tert-OH is 1. The van der Waals surface area contributed by atoms with Crippen molar-refractivity contribution < 1.29 is 29.0 Å². The number of aromatic nitrogens is 1. The number of likely N-dealkylation sites (tertiary alicyclic amines) is 1. The van der Waals surface area contributed by atoms with E-state index in [0.717, 1.165) is 24.2 Å². The first-order chi connectivity index (χ1) is 16.7. The predicted molar refractivity (Wildman–Crippen MR) is 129 cm³/mol. The van der Waals surface area contributed by atoms with Crippen molar-refractivity contribution in [2.24, 2.45) is 0 Å². The molecule has 1 aromatic heterocycles. The summed E-state index contributed by atoms with van der Waals surface area (Å²) in [6.07, 6.45) is 0. The number of ketones is 1. The van der Waals surface area contributed by atoms with Crippen LogP contribution in [0.25, 0.3) is 5.76 Å². The molecule has 0 spiro atoms. The molecule has 2 aliphatic rings. The predicted octanol–water partition coefficient (Wildman–Crippen LogP) is 2.48. The highest BCUT2D eigenvalue weighted by atomic mass is 16.5. The Morgan fingerprint density at radius 2 is 1.77 bits per heavy atom. The fourth-order valence-electron chi connectivity index (χ4n) is 4.83. The van der Waals surface area contributed by atoms with Gasteiger partial charge in [0.2, 0.25) is 0 Å². The third-order valence-corrected chi connectivity index (χ3v) is 6.76. The molecule has 4 rings (SSSR count). The number of hydrogen-bond donors (Lipinski definition) is 2. The fourth-order valence-corrected chi connectivity index (χ4v) is 4.83. The third-order valence-electron chi connectivity index (χ3n) is 6.76. The Morgan fingerprint density at radius 3 is 2.40 bits per heavy atom. The highest BCUT2D eigenvalue weighted by Crippen LogP contribution is 2.40. The van der Waals surface area contributed by atoms with Crippen LogP contribution in [0.1, 0.15) is 44.5 Å². The number of benzene rings is 1. The Balaban J connectivity index is 1.79. The Kier molecular flexibility index (Phi) is 7.09. The largest absolute Gasteiger partial charge is 0.507 e. The molecule has 186 valence electrons. The standard InChI is InChI=1S/C26H31N3O6/c1-15-5-7-18(8-6-15)22-20(23(30)19-16(2)21(26(33)34-4)27-17(19)3)24(31)25(32)29(22)10-9-28-11-13-35-14-12-28/h5-8,22,27,30H,9-14H2,1-4H3. The molecule has 0 bridgehead atoms. The molecule has 1 aromatic carbocycles. The first-order valence-electron chi connectivity index (χ1n) is 11.7. The van der Waals surface area contributed by atoms with Crippen molar-refractivity contribution in [3.63, 3.8) is 0 Å². The van der Waals surface area contributed by atoms with E-state index >= 15 is 0 Å². The molecule has 2 N–H and O–H groups in total. The van der Waals surface area contributed by atoms with Crippen molar-refractivity contribution in [1.82, 2.24) is 14.8 Å². The average Bonchev–Trinajstić information content (AvgIpc) is 3.30. The van der Waals surface area contributed by atoms with E-state index in [1.165, 1.54) is 12.0 Å². The number of ether oxygens (including phenoxy) is 2. The van der Waals surface area contributed by atoms with Crippen LogP contribution in [0, 0.1) is 20.8 Å². The fraction of sp³-hybridized carbons (Fsp3) is 0.423. The second-order valence-electron chi connectivity index (χ2n) is 8.97. The van der Waals surface area contributed by atoms with E-state index in [-0.39, 0.29) is 17.0 Å². The summed E-state index contributed by atoms with van der Waals surface area (Å²) in [7, 11) is 1.27. The molecule has 9 nitrogen and oxygen atoms in total. The molecule has 2 fully saturated rings. The first-order valence-corrected chi connectivity index (χ1v) is 11.7. The molecule has 2 aromatic rings. The van der Waals surface area contributed by atoms with Crippen LogP contribution in [0.15, 0.2) is 29.8 Å². The summed E-state index contributed by atoms with van der Waals surface area (Å²) in [6.45, 7) is 9.04. The van der Waals surface area contributed by atoms with Crippen molar-refractivity contribution in [2.45, 2.75) is 26.8 Å². The monoisotopic (exact) mass is 481 g/mol. The minimum atomic E-state index is -0.744. The number of H-pyrrole nitrogens is 1. The zero-order valence-electron chi connectivity index (χ0n) is 20.5. The molecule has 2 aliphatic heterocycles. The number of aromatic amines is 1. The summed E-state index contributed by atoms with van der Waals surface area (Å²) in [5.41, 5.74) is 3.27. The van der Waals surface area contributed by atoms with Gasteiger partial charge in [0.05, 0.1) is 31.9 Å². The number of methoxy groups -OCH3 is 1. The van der Waals surface area contributed by atoms with Gasteiger partial charge in [-0.3, -0.25) is 14.5 Å². The summed E-state index contributed by atoms with van der Waals surface area (Å²) in [6, 6.07) is 6.83. The van der Waals surface area contributed by atoms with Crippen LogP contribution in [0.2, 0.25) is 0 Å². The first kappa shape index (κ1) is 24.7. The van der Waals surface area contributed by atoms with Crippen LogP contribution in [0.3, 0.4) is 0 Å². The lowest BCUT2D eigenvalue weighted by Crippen LogP contribution is -2.42. The van der Waals surface area contributed by atoms with Crippen LogP contribution in [0.5, 0.6) is 0 Å². The number of carbonyl (C=O) groups excluding carboxylic acids is 3. The van der Waals surface area contributed by atoms with Gasteiger partial charge >= 0.3 is 5.97 Å². The van der Waals surface area contributed by atoms with E-state index in [4.69, 9.17) is 9.47 Å². The van der Waals surface area contributed by atoms with Crippen LogP contribution in [0.4, 0.5) is 0 Å². The third kappa shape index (κ3) is 4.61. The summed E-state index contributed by atoms with van der Waals surface area (Å²) in [4.78, 5) is 45.4. The second kappa shape index (κ2) is 10.1. The minimum absolute atomic E-state index is 0.0162. The van der Waals surface area contributed by atoms with E-state index in [1.54, 1.807) is 13.8 Å². The number of rotatable bonds is 6. The molecule has 0 saturated carbocycles. The van der Waals surface area contributed by atoms with Gasteiger partial charge in [0.25, 0.3) is 11.7 Å². The molecule has 3 heterocycles. The molecule has 2 saturated heterocycles. The van der Waals surface area contributed by atoms with Crippen LogP contribution in [-0.2, 0) is 19.1 Å². The average molecular weight is 482 g/mol. The van der Waals surface area contributed by atoms with Gasteiger partial charge in [-0.1, -0.05) is 29.8 Å². The van der Waals surface area contributed by atoms with E-state index in [2.05, 4.69) is 9.88 Å². The molecule has 1 amide bonds. The highest BCUT2D eigenvalue weighted by Gasteiger charge is 2.46. The van der Waals surface area contributed by atoms with Crippen LogP contribution >= 0.6 is 0 Å². The number of morpholine rings is 1. The van der Waals surface area contributed by atoms with E-state index < -0.39 is 23.7 Å². The summed E-state index contributed by atoms with van der Waals surface area (Å²) in [5, 5.41) is 11.4. The zero-order chi connectivity index (χ0) is 25.3. The number of nitrogens with one attached hydrogen (secondary N) is 1. The van der Waals surface area contributed by atoms with Crippen molar-refractivity contribution in [3.05, 3.63) is 63.5 Å². The molecule has 9 heteroatoms. The molecule has 0 aliphatic carbocycles. The Morgan fingerprint density at radius 1 is 1.11 bits per heavy atom. The van der Waals surface area contributed by atoms with Gasteiger partial charge in [-0.25, -0.2) is 4.79 Å². The Bertz CT molecular complexity index is 1170. The van der Waals surface area contributed by atoms with Gasteiger partial charge in [0, 0.05) is 37.4 Å². The van der Waals surface area contributed by atoms with E-state index in [0.29, 0.717) is 43.1 Å². The minimum Gasteiger partial charge on any atom is -0.507 e. The molecule has 0 radical (unpaired) electrons. The van der Waals surface area contributed by atoms with Crippen molar-refractivity contribution >= 4 is 23.4 Å². The number of nitrogens with zero attached hydrogens (tertiary/aromatic N) is 2. The highest BCUT2D eigenvalue weighted by molar-refractivity contribution is 6.46. The number of hydrogen-bond acceptors (Lipinski definition) is 7. The van der Waals surface area contributed by atoms with Crippen LogP contribution in [-0.4, -0.2) is 84.1 Å². The van der Waals surface area contributed by atoms with Crippen molar-refractivity contribution in [1.29, 1.82) is 0 Å². The van der Waals surface area contributed by atoms with Crippen LogP contribution < -0.4 is 0 Å². The normalized spacial score (nSPS) is 20.5. The SMILES string of the molecule is COC(=O)c1[nH]c(C)c(C(O)=C2C(=O)C(=O)N(CCN3CCOCC3)C2c2ccc(C)cc2)c1C. The molecule has 1 atom stereocenters. The molecular formula is C26H31N3O6. The Labute approximate surface area is 204 Å². The summed E-state index contributed by atoms with van der Waals surface area (Å²) >= 11 is 0. The second-order valence-corrected chi connectivity index (χ2v) is 8.97. The van der Waals surface area contributed by atoms with E-state index in [1.807, 2.05) is 31.2 Å². The number of aliphatic hydroxyl groups is 1. The molecule has 1 unspecified atom stereocenters. The Hall–Kier alpha value is -3.43. The molecule has 35 heavy (non-hydrogen) atoms. The number of Topliss-reactive ketones (excluding diaryl/α,β-unsaturated/α-hetero) is 1. The van der Waals surface area contributed by atoms with Gasteiger partial charge in [0.15, 0.2) is 0 Å². The van der Waals surface area contributed by atoms with Crippen molar-refractivity contribution in [2.75, 3.05) is 46.5 Å². The number of carbonyl (C=O) groups is 3. The summed E-state index contributed by atoms with van der Waals surface area (Å²) in [5.74, 6) is -2.27. The lowest BCUT2D eigenvalue weighted by Gasteiger charge is -2.31. The lowest BCUT2D eigenvalue weighted by molar-refractivity contribution is -0.140. The smallest absolute Gasteiger partial charge is 0.354 e. The number of amides is 1. The summed E-state index contributed by atoms with van der Waals surface area (Å²) < 4.78 is 10.2. The lowest BCUT2D eigenvalue weighted by atomic mass is 9.93. The van der Waals surface area contributed by atoms with Gasteiger partial charge in [0.1, 0.15) is 11.5 Å². The topological polar surface area (TPSA) is 112 Å². The van der Waals surface area contributed by atoms with Gasteiger partial charge in [-0.15, -0.1) is 0 Å². The maximum Gasteiger partial charge on any atom is 0.354 e. The number of aryl methyl sites for hydroxylation is 2. The number of esters is 1. The van der Waals surface area contributed by atoms with Crippen molar-refractivity contribution in [3.8, 4) is 0 Å². The quantitative estimate of drug-likeness (QED) is 0.282.